The van der Waals surface area contributed by atoms with Gasteiger partial charge in [-0.1, -0.05) is 29.8 Å². The van der Waals surface area contributed by atoms with E-state index < -0.39 is 0 Å². The molecule has 1 aliphatic heterocycles. The third-order valence-electron chi connectivity index (χ3n) is 4.55. The highest BCUT2D eigenvalue weighted by Gasteiger charge is 2.21. The van der Waals surface area contributed by atoms with Crippen molar-refractivity contribution in [3.8, 4) is 0 Å². The van der Waals surface area contributed by atoms with Gasteiger partial charge in [-0.05, 0) is 43.2 Å². The second-order valence-corrected chi connectivity index (χ2v) is 6.38. The average molecular weight is 326 g/mol. The molecule has 1 heterocycles. The summed E-state index contributed by atoms with van der Waals surface area (Å²) in [6.45, 7) is 6.24. The Morgan fingerprint density at radius 1 is 1.04 bits per heavy atom. The van der Waals surface area contributed by atoms with Crippen LogP contribution in [0.4, 0.5) is 4.39 Å². The Morgan fingerprint density at radius 2 is 1.75 bits per heavy atom. The molecule has 0 N–H and O–H groups in total. The fourth-order valence-corrected chi connectivity index (χ4v) is 3.07. The highest BCUT2D eigenvalue weighted by Crippen LogP contribution is 2.11. The van der Waals surface area contributed by atoms with Crippen LogP contribution in [0.15, 0.2) is 48.5 Å². The van der Waals surface area contributed by atoms with Gasteiger partial charge in [-0.25, -0.2) is 4.39 Å². The van der Waals surface area contributed by atoms with E-state index in [0.29, 0.717) is 0 Å². The van der Waals surface area contributed by atoms with E-state index in [1.807, 2.05) is 48.2 Å². The van der Waals surface area contributed by atoms with Crippen LogP contribution in [-0.2, 0) is 6.42 Å². The maximum absolute atomic E-state index is 12.9. The van der Waals surface area contributed by atoms with Crippen LogP contribution in [0.1, 0.15) is 21.5 Å². The molecular weight excluding hydrogens is 303 g/mol. The second kappa shape index (κ2) is 7.58. The summed E-state index contributed by atoms with van der Waals surface area (Å²) in [5.74, 6) is -0.0705. The van der Waals surface area contributed by atoms with Crippen LogP contribution in [0, 0.1) is 12.7 Å². The van der Waals surface area contributed by atoms with Crippen LogP contribution in [0.3, 0.4) is 0 Å². The highest BCUT2D eigenvalue weighted by molar-refractivity contribution is 5.94. The van der Waals surface area contributed by atoms with Crippen LogP contribution in [0.25, 0.3) is 0 Å². The van der Waals surface area contributed by atoms with E-state index in [9.17, 15) is 9.18 Å². The first-order valence-electron chi connectivity index (χ1n) is 8.44. The van der Waals surface area contributed by atoms with Gasteiger partial charge < -0.3 is 4.90 Å². The Bertz CT molecular complexity index is 691. The molecule has 1 saturated heterocycles. The molecule has 0 saturated carbocycles. The minimum absolute atomic E-state index is 0.122. The molecule has 0 aliphatic carbocycles. The number of aryl methyl sites for hydroxylation is 1. The van der Waals surface area contributed by atoms with Gasteiger partial charge in [0.15, 0.2) is 0 Å². The van der Waals surface area contributed by atoms with Gasteiger partial charge in [0.2, 0.25) is 0 Å². The first kappa shape index (κ1) is 16.7. The molecule has 4 heteroatoms. The van der Waals surface area contributed by atoms with Gasteiger partial charge in [0, 0.05) is 38.3 Å². The molecule has 0 spiro atoms. The number of carbonyl (C=O) groups is 1. The predicted octanol–water partition coefficient (Wildman–Crippen LogP) is 3.13. The summed E-state index contributed by atoms with van der Waals surface area (Å²) in [6, 6.07) is 14.5. The van der Waals surface area contributed by atoms with Crippen molar-refractivity contribution in [3.63, 3.8) is 0 Å². The van der Waals surface area contributed by atoms with Crippen molar-refractivity contribution in [2.24, 2.45) is 0 Å². The Kier molecular flexibility index (Phi) is 5.26. The van der Waals surface area contributed by atoms with E-state index in [1.54, 1.807) is 0 Å². The third-order valence-corrected chi connectivity index (χ3v) is 4.55. The molecule has 2 aromatic rings. The molecule has 3 rings (SSSR count). The average Bonchev–Trinajstić information content (AvgIpc) is 2.61. The quantitative estimate of drug-likeness (QED) is 0.862. The van der Waals surface area contributed by atoms with Crippen molar-refractivity contribution >= 4 is 5.91 Å². The predicted molar refractivity (Wildman–Crippen MR) is 93.6 cm³/mol. The maximum Gasteiger partial charge on any atom is 0.253 e. The second-order valence-electron chi connectivity index (χ2n) is 6.38. The first-order valence-corrected chi connectivity index (χ1v) is 8.44. The topological polar surface area (TPSA) is 23.6 Å². The molecule has 1 fully saturated rings. The molecule has 1 amide bonds. The van der Waals surface area contributed by atoms with E-state index in [-0.39, 0.29) is 11.7 Å². The largest absolute Gasteiger partial charge is 0.336 e. The summed E-state index contributed by atoms with van der Waals surface area (Å²) in [7, 11) is 0. The standard InChI is InChI=1S/C20H23FN2O/c1-16-3-2-4-18(15-16)20(24)23-13-11-22(12-14-23)10-9-17-5-7-19(21)8-6-17/h2-8,15H,9-14H2,1H3. The van der Waals surface area contributed by atoms with Gasteiger partial charge >= 0.3 is 0 Å². The number of halogens is 1. The summed E-state index contributed by atoms with van der Waals surface area (Å²) in [4.78, 5) is 16.8. The van der Waals surface area contributed by atoms with Crippen LogP contribution >= 0.6 is 0 Å². The minimum atomic E-state index is -0.193. The van der Waals surface area contributed by atoms with Crippen LogP contribution < -0.4 is 0 Å². The lowest BCUT2D eigenvalue weighted by Gasteiger charge is -2.34. The summed E-state index contributed by atoms with van der Waals surface area (Å²) in [5, 5.41) is 0. The van der Waals surface area contributed by atoms with Gasteiger partial charge in [0.25, 0.3) is 5.91 Å². The monoisotopic (exact) mass is 326 g/mol. The third kappa shape index (κ3) is 4.20. The molecular formula is C20H23FN2O. The molecule has 2 aromatic carbocycles. The van der Waals surface area contributed by atoms with Crippen molar-refractivity contribution < 1.29 is 9.18 Å². The molecule has 0 atom stereocenters. The molecule has 24 heavy (non-hydrogen) atoms. The lowest BCUT2D eigenvalue weighted by Crippen LogP contribution is -2.49. The number of rotatable bonds is 4. The number of nitrogens with zero attached hydrogens (tertiary/aromatic N) is 2. The first-order chi connectivity index (χ1) is 11.6. The molecule has 3 nitrogen and oxygen atoms in total. The molecule has 1 aliphatic rings. The van der Waals surface area contributed by atoms with Gasteiger partial charge in [-0.15, -0.1) is 0 Å². The van der Waals surface area contributed by atoms with E-state index >= 15 is 0 Å². The molecule has 0 bridgehead atoms. The molecule has 0 radical (unpaired) electrons. The number of benzene rings is 2. The number of hydrogen-bond acceptors (Lipinski definition) is 2. The number of piperazine rings is 1. The van der Waals surface area contributed by atoms with Gasteiger partial charge in [-0.3, -0.25) is 9.69 Å². The zero-order valence-corrected chi connectivity index (χ0v) is 14.0. The van der Waals surface area contributed by atoms with Crippen LogP contribution in [0.2, 0.25) is 0 Å². The van der Waals surface area contributed by atoms with Gasteiger partial charge in [0.05, 0.1) is 0 Å². The Labute approximate surface area is 142 Å². The van der Waals surface area contributed by atoms with Crippen molar-refractivity contribution in [3.05, 3.63) is 71.0 Å². The smallest absolute Gasteiger partial charge is 0.253 e. The zero-order chi connectivity index (χ0) is 16.9. The molecule has 0 unspecified atom stereocenters. The van der Waals surface area contributed by atoms with Crippen molar-refractivity contribution in [2.45, 2.75) is 13.3 Å². The fourth-order valence-electron chi connectivity index (χ4n) is 3.07. The van der Waals surface area contributed by atoms with E-state index in [0.717, 1.165) is 55.8 Å². The van der Waals surface area contributed by atoms with Crippen molar-refractivity contribution in [1.29, 1.82) is 0 Å². The summed E-state index contributed by atoms with van der Waals surface area (Å²) in [6.07, 6.45) is 0.909. The Balaban J connectivity index is 1.48. The van der Waals surface area contributed by atoms with Crippen molar-refractivity contribution in [1.82, 2.24) is 9.80 Å². The summed E-state index contributed by atoms with van der Waals surface area (Å²) < 4.78 is 12.9. The molecule has 0 aromatic heterocycles. The lowest BCUT2D eigenvalue weighted by molar-refractivity contribution is 0.0638. The normalized spacial score (nSPS) is 15.5. The zero-order valence-electron chi connectivity index (χ0n) is 14.0. The SMILES string of the molecule is Cc1cccc(C(=O)N2CCN(CCc3ccc(F)cc3)CC2)c1. The summed E-state index contributed by atoms with van der Waals surface area (Å²) in [5.41, 5.74) is 3.03. The summed E-state index contributed by atoms with van der Waals surface area (Å²) >= 11 is 0. The fraction of sp³-hybridized carbons (Fsp3) is 0.350. The van der Waals surface area contributed by atoms with E-state index in [4.69, 9.17) is 0 Å². The number of carbonyl (C=O) groups excluding carboxylic acids is 1. The maximum atomic E-state index is 12.9. The minimum Gasteiger partial charge on any atom is -0.336 e. The Hall–Kier alpha value is -2.20. The highest BCUT2D eigenvalue weighted by atomic mass is 19.1. The van der Waals surface area contributed by atoms with Gasteiger partial charge in [-0.2, -0.15) is 0 Å². The number of amides is 1. The van der Waals surface area contributed by atoms with E-state index in [2.05, 4.69) is 4.90 Å². The Morgan fingerprint density at radius 3 is 2.42 bits per heavy atom. The van der Waals surface area contributed by atoms with Crippen molar-refractivity contribution in [2.75, 3.05) is 32.7 Å². The van der Waals surface area contributed by atoms with Gasteiger partial charge in [0.1, 0.15) is 5.82 Å². The number of hydrogen-bond donors (Lipinski definition) is 0. The van der Waals surface area contributed by atoms with Crippen LogP contribution in [-0.4, -0.2) is 48.4 Å². The van der Waals surface area contributed by atoms with Crippen LogP contribution in [0.5, 0.6) is 0 Å². The van der Waals surface area contributed by atoms with E-state index in [1.165, 1.54) is 12.1 Å². The molecule has 126 valence electrons. The lowest BCUT2D eigenvalue weighted by atomic mass is 10.1.